The van der Waals surface area contributed by atoms with Gasteiger partial charge in [0.25, 0.3) is 0 Å². The van der Waals surface area contributed by atoms with Crippen LogP contribution in [-0.4, -0.2) is 10.2 Å². The Morgan fingerprint density at radius 3 is 2.94 bits per heavy atom. The van der Waals surface area contributed by atoms with Gasteiger partial charge in [-0.15, -0.1) is 10.2 Å². The highest BCUT2D eigenvalue weighted by atomic mass is 19.1. The number of hydrogen-bond donors (Lipinski definition) is 1. The minimum Gasteiger partial charge on any atom is -0.424 e. The van der Waals surface area contributed by atoms with Gasteiger partial charge in [0, 0.05) is 12.6 Å². The first-order chi connectivity index (χ1) is 8.19. The SMILES string of the molecule is Cc1nnc(CNc2ccc(F)c(C#N)c2)o1. The average molecular weight is 232 g/mol. The van der Waals surface area contributed by atoms with Crippen molar-refractivity contribution in [1.29, 1.82) is 5.26 Å². The van der Waals surface area contributed by atoms with Crippen molar-refractivity contribution in [2.75, 3.05) is 5.32 Å². The van der Waals surface area contributed by atoms with Gasteiger partial charge in [-0.3, -0.25) is 0 Å². The van der Waals surface area contributed by atoms with E-state index in [4.69, 9.17) is 9.68 Å². The lowest BCUT2D eigenvalue weighted by Crippen LogP contribution is -2.00. The molecule has 86 valence electrons. The second kappa shape index (κ2) is 4.61. The first-order valence-electron chi connectivity index (χ1n) is 4.91. The molecule has 0 atom stereocenters. The number of nitrogens with zero attached hydrogens (tertiary/aromatic N) is 3. The highest BCUT2D eigenvalue weighted by Crippen LogP contribution is 2.14. The topological polar surface area (TPSA) is 74.7 Å². The standard InChI is InChI=1S/C11H9FN4O/c1-7-15-16-11(17-7)6-14-9-2-3-10(12)8(4-9)5-13/h2-4,14H,6H2,1H3. The van der Waals surface area contributed by atoms with E-state index in [-0.39, 0.29) is 5.56 Å². The van der Waals surface area contributed by atoms with Crippen molar-refractivity contribution < 1.29 is 8.81 Å². The predicted octanol–water partition coefficient (Wildman–Crippen LogP) is 2.00. The second-order valence-corrected chi connectivity index (χ2v) is 3.37. The summed E-state index contributed by atoms with van der Waals surface area (Å²) in [4.78, 5) is 0. The number of aromatic nitrogens is 2. The Kier molecular flexibility index (Phi) is 3.01. The van der Waals surface area contributed by atoms with Crippen molar-refractivity contribution in [2.24, 2.45) is 0 Å². The monoisotopic (exact) mass is 232 g/mol. The van der Waals surface area contributed by atoms with Gasteiger partial charge in [-0.05, 0) is 18.2 Å². The van der Waals surface area contributed by atoms with Crippen molar-refractivity contribution >= 4 is 5.69 Å². The Bertz CT molecular complexity index is 573. The molecule has 1 aromatic carbocycles. The summed E-state index contributed by atoms with van der Waals surface area (Å²) >= 11 is 0. The molecule has 2 rings (SSSR count). The Morgan fingerprint density at radius 2 is 2.29 bits per heavy atom. The van der Waals surface area contributed by atoms with E-state index in [2.05, 4.69) is 15.5 Å². The largest absolute Gasteiger partial charge is 0.424 e. The van der Waals surface area contributed by atoms with Crippen molar-refractivity contribution in [3.63, 3.8) is 0 Å². The normalized spacial score (nSPS) is 9.94. The van der Waals surface area contributed by atoms with Crippen LogP contribution < -0.4 is 5.32 Å². The van der Waals surface area contributed by atoms with Gasteiger partial charge in [0.1, 0.15) is 11.9 Å². The van der Waals surface area contributed by atoms with E-state index >= 15 is 0 Å². The number of rotatable bonds is 3. The molecule has 1 aromatic heterocycles. The summed E-state index contributed by atoms with van der Waals surface area (Å²) in [5.41, 5.74) is 0.621. The number of nitrogens with one attached hydrogen (secondary N) is 1. The summed E-state index contributed by atoms with van der Waals surface area (Å²) in [6.45, 7) is 2.03. The van der Waals surface area contributed by atoms with Gasteiger partial charge in [0.15, 0.2) is 0 Å². The molecule has 0 spiro atoms. The summed E-state index contributed by atoms with van der Waals surface area (Å²) < 4.78 is 18.2. The van der Waals surface area contributed by atoms with Gasteiger partial charge in [-0.1, -0.05) is 0 Å². The molecular formula is C11H9FN4O. The molecule has 0 aliphatic heterocycles. The van der Waals surface area contributed by atoms with E-state index in [1.807, 2.05) is 0 Å². The van der Waals surface area contributed by atoms with E-state index in [0.717, 1.165) is 0 Å². The zero-order valence-corrected chi connectivity index (χ0v) is 9.07. The molecule has 0 aliphatic carbocycles. The van der Waals surface area contributed by atoms with Gasteiger partial charge in [-0.2, -0.15) is 5.26 Å². The van der Waals surface area contributed by atoms with E-state index in [9.17, 15) is 4.39 Å². The molecule has 0 bridgehead atoms. The Labute approximate surface area is 96.9 Å². The second-order valence-electron chi connectivity index (χ2n) is 3.37. The van der Waals surface area contributed by atoms with Crippen LogP contribution in [-0.2, 0) is 6.54 Å². The van der Waals surface area contributed by atoms with E-state index < -0.39 is 5.82 Å². The van der Waals surface area contributed by atoms with Crippen LogP contribution in [0.2, 0.25) is 0 Å². The van der Waals surface area contributed by atoms with Crippen LogP contribution in [0.1, 0.15) is 17.3 Å². The molecule has 0 fully saturated rings. The summed E-state index contributed by atoms with van der Waals surface area (Å²) in [6.07, 6.45) is 0. The molecule has 1 heterocycles. The first kappa shape index (κ1) is 11.1. The van der Waals surface area contributed by atoms with Gasteiger partial charge >= 0.3 is 0 Å². The number of anilines is 1. The van der Waals surface area contributed by atoms with Gasteiger partial charge in [0.05, 0.1) is 12.1 Å². The number of halogens is 1. The molecule has 2 aromatic rings. The molecule has 5 nitrogen and oxygen atoms in total. The summed E-state index contributed by atoms with van der Waals surface area (Å²) in [5.74, 6) is 0.385. The molecule has 0 radical (unpaired) electrons. The lowest BCUT2D eigenvalue weighted by atomic mass is 10.2. The van der Waals surface area contributed by atoms with Gasteiger partial charge in [0.2, 0.25) is 11.8 Å². The first-order valence-corrected chi connectivity index (χ1v) is 4.91. The zero-order valence-electron chi connectivity index (χ0n) is 9.07. The maximum Gasteiger partial charge on any atom is 0.235 e. The third kappa shape index (κ3) is 2.58. The van der Waals surface area contributed by atoms with Crippen molar-refractivity contribution in [1.82, 2.24) is 10.2 Å². The zero-order chi connectivity index (χ0) is 12.3. The smallest absolute Gasteiger partial charge is 0.235 e. The molecule has 0 saturated heterocycles. The summed E-state index contributed by atoms with van der Waals surface area (Å²) in [5, 5.41) is 19.1. The summed E-state index contributed by atoms with van der Waals surface area (Å²) in [6, 6.07) is 5.98. The molecular weight excluding hydrogens is 223 g/mol. The summed E-state index contributed by atoms with van der Waals surface area (Å²) in [7, 11) is 0. The van der Waals surface area contributed by atoms with Crippen molar-refractivity contribution in [2.45, 2.75) is 13.5 Å². The quantitative estimate of drug-likeness (QED) is 0.875. The minimum absolute atomic E-state index is 0.00305. The molecule has 0 saturated carbocycles. The average Bonchev–Trinajstić information content (AvgIpc) is 2.74. The van der Waals surface area contributed by atoms with Crippen LogP contribution in [0.4, 0.5) is 10.1 Å². The highest BCUT2D eigenvalue weighted by Gasteiger charge is 2.04. The predicted molar refractivity (Wildman–Crippen MR) is 57.5 cm³/mol. The van der Waals surface area contributed by atoms with Crippen molar-refractivity contribution in [3.8, 4) is 6.07 Å². The van der Waals surface area contributed by atoms with Crippen LogP contribution in [0.25, 0.3) is 0 Å². The number of nitriles is 1. The van der Waals surface area contributed by atoms with Crippen LogP contribution in [0, 0.1) is 24.1 Å². The Balaban J connectivity index is 2.07. The third-order valence-corrected chi connectivity index (χ3v) is 2.10. The van der Waals surface area contributed by atoms with E-state index in [1.165, 1.54) is 12.1 Å². The van der Waals surface area contributed by atoms with Crippen molar-refractivity contribution in [3.05, 3.63) is 41.4 Å². The van der Waals surface area contributed by atoms with E-state index in [1.54, 1.807) is 19.1 Å². The lowest BCUT2D eigenvalue weighted by molar-refractivity contribution is 0.475. The lowest BCUT2D eigenvalue weighted by Gasteiger charge is -2.03. The van der Waals surface area contributed by atoms with E-state index in [0.29, 0.717) is 24.0 Å². The Hall–Kier alpha value is -2.42. The molecule has 0 aliphatic rings. The maximum atomic E-state index is 13.0. The number of hydrogen-bond acceptors (Lipinski definition) is 5. The fourth-order valence-corrected chi connectivity index (χ4v) is 1.31. The fourth-order valence-electron chi connectivity index (χ4n) is 1.31. The Morgan fingerprint density at radius 1 is 1.47 bits per heavy atom. The van der Waals surface area contributed by atoms with Gasteiger partial charge in [-0.25, -0.2) is 4.39 Å². The molecule has 17 heavy (non-hydrogen) atoms. The van der Waals surface area contributed by atoms with Crippen LogP contribution in [0.3, 0.4) is 0 Å². The number of benzene rings is 1. The molecule has 0 amide bonds. The van der Waals surface area contributed by atoms with Crippen LogP contribution >= 0.6 is 0 Å². The molecule has 1 N–H and O–H groups in total. The van der Waals surface area contributed by atoms with Crippen LogP contribution in [0.15, 0.2) is 22.6 Å². The fraction of sp³-hybridized carbons (Fsp3) is 0.182. The number of aryl methyl sites for hydroxylation is 1. The molecule has 6 heteroatoms. The van der Waals surface area contributed by atoms with Gasteiger partial charge < -0.3 is 9.73 Å². The maximum absolute atomic E-state index is 13.0. The highest BCUT2D eigenvalue weighted by molar-refractivity contribution is 5.49. The minimum atomic E-state index is -0.535. The molecule has 0 unspecified atom stereocenters. The third-order valence-electron chi connectivity index (χ3n) is 2.10. The van der Waals surface area contributed by atoms with Crippen LogP contribution in [0.5, 0.6) is 0 Å².